The third-order valence-electron chi connectivity index (χ3n) is 4.65. The molecule has 0 aromatic heterocycles. The maximum atomic E-state index is 13.2. The first-order valence-electron chi connectivity index (χ1n) is 9.02. The number of halogens is 1. The smallest absolute Gasteiger partial charge is 0.229 e. The van der Waals surface area contributed by atoms with Crippen LogP contribution in [0.1, 0.15) is 31.7 Å². The molecule has 1 heterocycles. The lowest BCUT2D eigenvalue weighted by molar-refractivity contribution is -0.122. The van der Waals surface area contributed by atoms with E-state index in [0.29, 0.717) is 12.2 Å². The molecule has 2 aromatic rings. The van der Waals surface area contributed by atoms with Crippen LogP contribution < -0.4 is 10.2 Å². The SMILES string of the molecule is CCCCc1ccc(N2CC(C(=O)Nc3cccc(F)c3)CC2=O)cc1. The van der Waals surface area contributed by atoms with Crippen LogP contribution in [0, 0.1) is 11.7 Å². The molecule has 5 heteroatoms. The van der Waals surface area contributed by atoms with Crippen LogP contribution in [-0.4, -0.2) is 18.4 Å². The molecule has 2 aromatic carbocycles. The number of hydrogen-bond donors (Lipinski definition) is 1. The lowest BCUT2D eigenvalue weighted by Gasteiger charge is -2.17. The lowest BCUT2D eigenvalue weighted by Crippen LogP contribution is -2.28. The van der Waals surface area contributed by atoms with Crippen molar-refractivity contribution in [2.45, 2.75) is 32.6 Å². The Hall–Kier alpha value is -2.69. The van der Waals surface area contributed by atoms with Crippen molar-refractivity contribution in [2.75, 3.05) is 16.8 Å². The van der Waals surface area contributed by atoms with Crippen molar-refractivity contribution in [3.05, 3.63) is 59.9 Å². The van der Waals surface area contributed by atoms with E-state index in [4.69, 9.17) is 0 Å². The van der Waals surface area contributed by atoms with Gasteiger partial charge in [-0.2, -0.15) is 0 Å². The molecule has 1 aliphatic heterocycles. The molecule has 136 valence electrons. The Morgan fingerprint density at radius 1 is 1.23 bits per heavy atom. The van der Waals surface area contributed by atoms with E-state index in [2.05, 4.69) is 12.2 Å². The van der Waals surface area contributed by atoms with Gasteiger partial charge in [0, 0.05) is 24.3 Å². The maximum Gasteiger partial charge on any atom is 0.229 e. The summed E-state index contributed by atoms with van der Waals surface area (Å²) in [4.78, 5) is 26.4. The van der Waals surface area contributed by atoms with Gasteiger partial charge in [-0.15, -0.1) is 0 Å². The summed E-state index contributed by atoms with van der Waals surface area (Å²) in [5.74, 6) is -1.17. The van der Waals surface area contributed by atoms with Gasteiger partial charge in [0.2, 0.25) is 11.8 Å². The first kappa shape index (κ1) is 18.1. The number of carbonyl (C=O) groups is 2. The van der Waals surface area contributed by atoms with Crippen LogP contribution >= 0.6 is 0 Å². The standard InChI is InChI=1S/C21H23FN2O2/c1-2-3-5-15-8-10-19(11-9-15)24-14-16(12-20(24)25)21(26)23-18-7-4-6-17(22)13-18/h4,6-11,13,16H,2-3,5,12,14H2,1H3,(H,23,26). The van der Waals surface area contributed by atoms with Crippen LogP contribution in [0.5, 0.6) is 0 Å². The molecule has 4 nitrogen and oxygen atoms in total. The van der Waals surface area contributed by atoms with E-state index in [0.717, 1.165) is 24.9 Å². The van der Waals surface area contributed by atoms with Crippen molar-refractivity contribution in [1.29, 1.82) is 0 Å². The molecule has 2 amide bonds. The Balaban J connectivity index is 1.63. The van der Waals surface area contributed by atoms with Gasteiger partial charge in [0.05, 0.1) is 5.92 Å². The second-order valence-electron chi connectivity index (χ2n) is 6.67. The van der Waals surface area contributed by atoms with Crippen LogP contribution in [0.25, 0.3) is 0 Å². The normalized spacial score (nSPS) is 16.8. The molecule has 1 aliphatic rings. The molecule has 0 spiro atoms. The number of benzene rings is 2. The summed E-state index contributed by atoms with van der Waals surface area (Å²) in [6.45, 7) is 2.50. The first-order chi connectivity index (χ1) is 12.6. The van der Waals surface area contributed by atoms with Crippen LogP contribution in [0.15, 0.2) is 48.5 Å². The molecular formula is C21H23FN2O2. The highest BCUT2D eigenvalue weighted by molar-refractivity contribution is 6.03. The molecule has 0 bridgehead atoms. The summed E-state index contributed by atoms with van der Waals surface area (Å²) in [5.41, 5.74) is 2.47. The number of amides is 2. The monoisotopic (exact) mass is 354 g/mol. The van der Waals surface area contributed by atoms with Gasteiger partial charge in [-0.25, -0.2) is 4.39 Å². The Labute approximate surface area is 153 Å². The number of carbonyl (C=O) groups excluding carboxylic acids is 2. The van der Waals surface area contributed by atoms with Gasteiger partial charge < -0.3 is 10.2 Å². The van der Waals surface area contributed by atoms with Crippen LogP contribution in [-0.2, 0) is 16.0 Å². The minimum Gasteiger partial charge on any atom is -0.326 e. The van der Waals surface area contributed by atoms with E-state index in [1.54, 1.807) is 11.0 Å². The predicted octanol–water partition coefficient (Wildman–Crippen LogP) is 4.16. The second-order valence-corrected chi connectivity index (χ2v) is 6.67. The summed E-state index contributed by atoms with van der Waals surface area (Å²) < 4.78 is 13.2. The zero-order chi connectivity index (χ0) is 18.5. The van der Waals surface area contributed by atoms with Crippen molar-refractivity contribution in [3.8, 4) is 0 Å². The van der Waals surface area contributed by atoms with Gasteiger partial charge in [-0.3, -0.25) is 9.59 Å². The summed E-state index contributed by atoms with van der Waals surface area (Å²) in [6.07, 6.45) is 3.49. The predicted molar refractivity (Wildman–Crippen MR) is 101 cm³/mol. The Kier molecular flexibility index (Phi) is 5.66. The second kappa shape index (κ2) is 8.13. The van der Waals surface area contributed by atoms with Crippen molar-refractivity contribution in [3.63, 3.8) is 0 Å². The minimum absolute atomic E-state index is 0.0642. The number of anilines is 2. The van der Waals surface area contributed by atoms with Gasteiger partial charge in [0.1, 0.15) is 5.82 Å². The maximum absolute atomic E-state index is 13.2. The Morgan fingerprint density at radius 2 is 2.00 bits per heavy atom. The van der Waals surface area contributed by atoms with Gasteiger partial charge in [0.15, 0.2) is 0 Å². The highest BCUT2D eigenvalue weighted by Crippen LogP contribution is 2.26. The molecule has 1 unspecified atom stereocenters. The number of nitrogens with zero attached hydrogens (tertiary/aromatic N) is 1. The molecule has 1 N–H and O–H groups in total. The fourth-order valence-electron chi connectivity index (χ4n) is 3.17. The number of unbranched alkanes of at least 4 members (excludes halogenated alkanes) is 1. The van der Waals surface area contributed by atoms with Crippen molar-refractivity contribution in [2.24, 2.45) is 5.92 Å². The minimum atomic E-state index is -0.439. The molecule has 26 heavy (non-hydrogen) atoms. The van der Waals surface area contributed by atoms with Crippen LogP contribution in [0.3, 0.4) is 0 Å². The van der Waals surface area contributed by atoms with E-state index in [-0.39, 0.29) is 18.2 Å². The van der Waals surface area contributed by atoms with Crippen molar-refractivity contribution in [1.82, 2.24) is 0 Å². The highest BCUT2D eigenvalue weighted by Gasteiger charge is 2.35. The molecule has 0 radical (unpaired) electrons. The molecule has 0 saturated carbocycles. The van der Waals surface area contributed by atoms with E-state index in [1.807, 2.05) is 24.3 Å². The highest BCUT2D eigenvalue weighted by atomic mass is 19.1. The van der Waals surface area contributed by atoms with E-state index in [1.165, 1.54) is 23.8 Å². The van der Waals surface area contributed by atoms with Crippen LogP contribution in [0.2, 0.25) is 0 Å². The summed E-state index contributed by atoms with van der Waals surface area (Å²) in [7, 11) is 0. The average Bonchev–Trinajstić information content (AvgIpc) is 3.02. The van der Waals surface area contributed by atoms with Gasteiger partial charge >= 0.3 is 0 Å². The van der Waals surface area contributed by atoms with Gasteiger partial charge in [-0.1, -0.05) is 31.5 Å². The molecule has 0 aliphatic carbocycles. The third-order valence-corrected chi connectivity index (χ3v) is 4.65. The van der Waals surface area contributed by atoms with E-state index in [9.17, 15) is 14.0 Å². The lowest BCUT2D eigenvalue weighted by atomic mass is 10.1. The van der Waals surface area contributed by atoms with E-state index < -0.39 is 11.7 Å². The molecule has 3 rings (SSSR count). The molecule has 1 fully saturated rings. The Morgan fingerprint density at radius 3 is 2.69 bits per heavy atom. The summed E-state index contributed by atoms with van der Waals surface area (Å²) in [5, 5.41) is 2.69. The van der Waals surface area contributed by atoms with Crippen LogP contribution in [0.4, 0.5) is 15.8 Å². The van der Waals surface area contributed by atoms with Crippen molar-refractivity contribution < 1.29 is 14.0 Å². The number of hydrogen-bond acceptors (Lipinski definition) is 2. The summed E-state index contributed by atoms with van der Waals surface area (Å²) in [6, 6.07) is 13.7. The fourth-order valence-corrected chi connectivity index (χ4v) is 3.17. The largest absolute Gasteiger partial charge is 0.326 e. The molecular weight excluding hydrogens is 331 g/mol. The molecule has 1 saturated heterocycles. The Bertz CT molecular complexity index is 789. The number of aryl methyl sites for hydroxylation is 1. The summed E-state index contributed by atoms with van der Waals surface area (Å²) >= 11 is 0. The third kappa shape index (κ3) is 4.28. The fraction of sp³-hybridized carbons (Fsp3) is 0.333. The van der Waals surface area contributed by atoms with Gasteiger partial charge in [0.25, 0.3) is 0 Å². The average molecular weight is 354 g/mol. The zero-order valence-corrected chi connectivity index (χ0v) is 14.9. The quantitative estimate of drug-likeness (QED) is 0.847. The number of rotatable bonds is 6. The first-order valence-corrected chi connectivity index (χ1v) is 9.02. The van der Waals surface area contributed by atoms with Crippen molar-refractivity contribution >= 4 is 23.2 Å². The number of nitrogens with one attached hydrogen (secondary N) is 1. The van der Waals surface area contributed by atoms with Gasteiger partial charge in [-0.05, 0) is 48.7 Å². The van der Waals surface area contributed by atoms with E-state index >= 15 is 0 Å². The zero-order valence-electron chi connectivity index (χ0n) is 14.9. The topological polar surface area (TPSA) is 49.4 Å². The molecule has 1 atom stereocenters.